The lowest BCUT2D eigenvalue weighted by Gasteiger charge is -2.14. The molecular weight excluding hydrogens is 230 g/mol. The van der Waals surface area contributed by atoms with Crippen LogP contribution in [0.1, 0.15) is 30.1 Å². The molecule has 0 saturated heterocycles. The van der Waals surface area contributed by atoms with Gasteiger partial charge in [-0.25, -0.2) is 9.97 Å². The van der Waals surface area contributed by atoms with E-state index in [1.807, 2.05) is 6.92 Å². The number of nitrogens with one attached hydrogen (secondary N) is 1. The van der Waals surface area contributed by atoms with Gasteiger partial charge < -0.3 is 10.4 Å². The van der Waals surface area contributed by atoms with E-state index in [0.29, 0.717) is 18.5 Å². The molecule has 0 aliphatic rings. The molecule has 5 nitrogen and oxygen atoms in total. The second-order valence-corrected chi connectivity index (χ2v) is 3.81. The van der Waals surface area contributed by atoms with Gasteiger partial charge in [0.1, 0.15) is 17.3 Å². The van der Waals surface area contributed by atoms with E-state index in [0.717, 1.165) is 6.42 Å². The van der Waals surface area contributed by atoms with Crippen molar-refractivity contribution in [3.8, 4) is 0 Å². The number of anilines is 1. The highest BCUT2D eigenvalue weighted by Crippen LogP contribution is 2.18. The molecule has 0 fully saturated rings. The average Bonchev–Trinajstić information content (AvgIpc) is 2.27. The summed E-state index contributed by atoms with van der Waals surface area (Å²) in [6, 6.07) is 0.108. The van der Waals surface area contributed by atoms with Gasteiger partial charge in [0, 0.05) is 12.6 Å². The average molecular weight is 244 g/mol. The highest BCUT2D eigenvalue weighted by molar-refractivity contribution is 6.32. The highest BCUT2D eigenvalue weighted by atomic mass is 35.5. The van der Waals surface area contributed by atoms with E-state index in [4.69, 9.17) is 16.7 Å². The molecule has 0 aliphatic carbocycles. The number of carbonyl (C=O) groups is 1. The van der Waals surface area contributed by atoms with Crippen molar-refractivity contribution in [1.29, 1.82) is 0 Å². The van der Waals surface area contributed by atoms with Crippen LogP contribution in [-0.4, -0.2) is 34.0 Å². The first kappa shape index (κ1) is 12.9. The van der Waals surface area contributed by atoms with Gasteiger partial charge in [0.2, 0.25) is 0 Å². The highest BCUT2D eigenvalue weighted by Gasteiger charge is 2.10. The lowest BCUT2D eigenvalue weighted by Crippen LogP contribution is -2.18. The minimum atomic E-state index is 0.108. The Kier molecular flexibility index (Phi) is 5.14. The number of hydrogen-bond donors (Lipinski definition) is 2. The zero-order chi connectivity index (χ0) is 12.0. The number of rotatable bonds is 6. The summed E-state index contributed by atoms with van der Waals surface area (Å²) in [6.07, 6.45) is 3.42. The summed E-state index contributed by atoms with van der Waals surface area (Å²) in [5, 5.41) is 11.9. The van der Waals surface area contributed by atoms with Crippen LogP contribution in [0.3, 0.4) is 0 Å². The van der Waals surface area contributed by atoms with E-state index in [2.05, 4.69) is 15.3 Å². The molecule has 16 heavy (non-hydrogen) atoms. The van der Waals surface area contributed by atoms with E-state index in [-0.39, 0.29) is 23.4 Å². The lowest BCUT2D eigenvalue weighted by atomic mass is 10.2. The molecule has 0 spiro atoms. The first-order valence-corrected chi connectivity index (χ1v) is 5.40. The molecule has 0 aliphatic heterocycles. The van der Waals surface area contributed by atoms with Gasteiger partial charge in [-0.1, -0.05) is 11.6 Å². The van der Waals surface area contributed by atoms with E-state index < -0.39 is 0 Å². The Morgan fingerprint density at radius 2 is 2.38 bits per heavy atom. The Morgan fingerprint density at radius 1 is 1.62 bits per heavy atom. The van der Waals surface area contributed by atoms with Crippen LogP contribution in [-0.2, 0) is 0 Å². The molecule has 0 radical (unpaired) electrons. The summed E-state index contributed by atoms with van der Waals surface area (Å²) < 4.78 is 0. The molecule has 0 saturated carbocycles. The van der Waals surface area contributed by atoms with Gasteiger partial charge >= 0.3 is 0 Å². The summed E-state index contributed by atoms with van der Waals surface area (Å²) in [5.41, 5.74) is 0.264. The Hall–Kier alpha value is -1.20. The smallest absolute Gasteiger partial charge is 0.156 e. The standard InChI is InChI=1S/C10H14ClN3O2/c1-7(3-2-4-15)14-10-8(5-16)9(11)12-6-13-10/h5-7,15H,2-4H2,1H3,(H,12,13,14). The van der Waals surface area contributed by atoms with Crippen molar-refractivity contribution in [2.75, 3.05) is 11.9 Å². The topological polar surface area (TPSA) is 75.1 Å². The van der Waals surface area contributed by atoms with Crippen LogP contribution in [0.4, 0.5) is 5.82 Å². The maximum atomic E-state index is 10.8. The van der Waals surface area contributed by atoms with E-state index in [1.54, 1.807) is 0 Å². The number of halogens is 1. The van der Waals surface area contributed by atoms with E-state index in [1.165, 1.54) is 6.33 Å². The van der Waals surface area contributed by atoms with Crippen molar-refractivity contribution in [3.05, 3.63) is 17.0 Å². The molecule has 0 aromatic carbocycles. The fourth-order valence-electron chi connectivity index (χ4n) is 1.30. The van der Waals surface area contributed by atoms with Crippen LogP contribution >= 0.6 is 11.6 Å². The van der Waals surface area contributed by atoms with Crippen molar-refractivity contribution < 1.29 is 9.90 Å². The van der Waals surface area contributed by atoms with Crippen molar-refractivity contribution in [2.45, 2.75) is 25.8 Å². The van der Waals surface area contributed by atoms with Crippen molar-refractivity contribution in [2.24, 2.45) is 0 Å². The van der Waals surface area contributed by atoms with Gasteiger partial charge in [0.15, 0.2) is 6.29 Å². The predicted octanol–water partition coefficient (Wildman–Crippen LogP) is 1.52. The zero-order valence-corrected chi connectivity index (χ0v) is 9.74. The Labute approximate surface area is 98.9 Å². The minimum Gasteiger partial charge on any atom is -0.396 e. The number of carbonyl (C=O) groups excluding carboxylic acids is 1. The molecule has 1 atom stereocenters. The lowest BCUT2D eigenvalue weighted by molar-refractivity contribution is 0.112. The Morgan fingerprint density at radius 3 is 3.00 bits per heavy atom. The van der Waals surface area contributed by atoms with Gasteiger partial charge in [-0.3, -0.25) is 4.79 Å². The summed E-state index contributed by atoms with van der Waals surface area (Å²) in [7, 11) is 0. The fourth-order valence-corrected chi connectivity index (χ4v) is 1.47. The molecule has 6 heteroatoms. The molecule has 0 amide bonds. The third-order valence-electron chi connectivity index (χ3n) is 2.13. The van der Waals surface area contributed by atoms with Crippen molar-refractivity contribution in [3.63, 3.8) is 0 Å². The van der Waals surface area contributed by atoms with Crippen LogP contribution in [0.15, 0.2) is 6.33 Å². The SMILES string of the molecule is CC(CCCO)Nc1ncnc(Cl)c1C=O. The Bertz CT molecular complexity index is 360. The number of aromatic nitrogens is 2. The number of aldehydes is 1. The van der Waals surface area contributed by atoms with E-state index in [9.17, 15) is 4.79 Å². The summed E-state index contributed by atoms with van der Waals surface area (Å²) in [4.78, 5) is 18.5. The summed E-state index contributed by atoms with van der Waals surface area (Å²) in [6.45, 7) is 2.09. The molecule has 1 aromatic heterocycles. The van der Waals surface area contributed by atoms with E-state index >= 15 is 0 Å². The summed E-state index contributed by atoms with van der Waals surface area (Å²) >= 11 is 5.75. The largest absolute Gasteiger partial charge is 0.396 e. The minimum absolute atomic E-state index is 0.108. The number of nitrogens with zero attached hydrogens (tertiary/aromatic N) is 2. The second-order valence-electron chi connectivity index (χ2n) is 3.46. The van der Waals surface area contributed by atoms with Gasteiger partial charge in [0.05, 0.1) is 5.56 Å². The molecule has 88 valence electrons. The molecule has 1 aromatic rings. The van der Waals surface area contributed by atoms with Crippen LogP contribution in [0, 0.1) is 0 Å². The summed E-state index contributed by atoms with van der Waals surface area (Å²) in [5.74, 6) is 0.431. The third-order valence-corrected chi connectivity index (χ3v) is 2.43. The molecular formula is C10H14ClN3O2. The van der Waals surface area contributed by atoms with Crippen LogP contribution < -0.4 is 5.32 Å². The third kappa shape index (κ3) is 3.43. The second kappa shape index (κ2) is 6.40. The van der Waals surface area contributed by atoms with Gasteiger partial charge in [-0.05, 0) is 19.8 Å². The first-order chi connectivity index (χ1) is 7.69. The molecule has 1 rings (SSSR count). The predicted molar refractivity (Wildman–Crippen MR) is 61.8 cm³/mol. The number of aliphatic hydroxyl groups is 1. The van der Waals surface area contributed by atoms with Gasteiger partial charge in [0.25, 0.3) is 0 Å². The Balaban J connectivity index is 2.72. The number of hydrogen-bond acceptors (Lipinski definition) is 5. The maximum Gasteiger partial charge on any atom is 0.156 e. The molecule has 2 N–H and O–H groups in total. The first-order valence-electron chi connectivity index (χ1n) is 5.02. The van der Waals surface area contributed by atoms with Crippen molar-refractivity contribution in [1.82, 2.24) is 9.97 Å². The van der Waals surface area contributed by atoms with Gasteiger partial charge in [-0.15, -0.1) is 0 Å². The van der Waals surface area contributed by atoms with Gasteiger partial charge in [-0.2, -0.15) is 0 Å². The van der Waals surface area contributed by atoms with Crippen LogP contribution in [0.5, 0.6) is 0 Å². The molecule has 1 unspecified atom stereocenters. The fraction of sp³-hybridized carbons (Fsp3) is 0.500. The normalized spacial score (nSPS) is 12.2. The monoisotopic (exact) mass is 243 g/mol. The number of aliphatic hydroxyl groups excluding tert-OH is 1. The van der Waals surface area contributed by atoms with Crippen LogP contribution in [0.25, 0.3) is 0 Å². The zero-order valence-electron chi connectivity index (χ0n) is 8.98. The van der Waals surface area contributed by atoms with Crippen LogP contribution in [0.2, 0.25) is 5.15 Å². The maximum absolute atomic E-state index is 10.8. The molecule has 0 bridgehead atoms. The quantitative estimate of drug-likeness (QED) is 0.585. The van der Waals surface area contributed by atoms with Crippen molar-refractivity contribution >= 4 is 23.7 Å². The molecule has 1 heterocycles.